The van der Waals surface area contributed by atoms with E-state index in [0.717, 1.165) is 138 Å². The van der Waals surface area contributed by atoms with E-state index in [0.29, 0.717) is 118 Å². The van der Waals surface area contributed by atoms with Crippen LogP contribution in [0.2, 0.25) is 5.02 Å². The molecule has 14 bridgehead atoms. The molecule has 32 heteroatoms. The number of ether oxygens (including phenoxy) is 5. The minimum atomic E-state index is -2.82. The van der Waals surface area contributed by atoms with Gasteiger partial charge < -0.3 is 23.7 Å². The molecule has 16 fully saturated rings. The quantitative estimate of drug-likeness (QED) is 0.0517. The van der Waals surface area contributed by atoms with Gasteiger partial charge in [-0.1, -0.05) is 35.9 Å². The first-order chi connectivity index (χ1) is 68.0. The lowest BCUT2D eigenvalue weighted by atomic mass is 9.84. The number of hydrogen-bond acceptors (Lipinski definition) is 26. The molecular formula is C112H167ClF4N22O5. The van der Waals surface area contributed by atoms with Crippen LogP contribution in [-0.2, 0) is 45.8 Å². The van der Waals surface area contributed by atoms with E-state index in [9.17, 15) is 17.6 Å². The number of pyridine rings is 7. The first-order valence-corrected chi connectivity index (χ1v) is 53.1. The Morgan fingerprint density at radius 1 is 0.354 bits per heavy atom. The van der Waals surface area contributed by atoms with Crippen LogP contribution in [0.5, 0.6) is 29.3 Å². The molecule has 0 amide bonds. The first-order valence-electron chi connectivity index (χ1n) is 52.7. The fourth-order valence-electron chi connectivity index (χ4n) is 24.2. The maximum Gasteiger partial charge on any atom is 0.388 e. The number of methoxy groups -OCH3 is 4. The molecule has 16 aliphatic rings. The second-order valence-corrected chi connectivity index (χ2v) is 49.8. The second kappa shape index (κ2) is 45.8. The molecule has 27 nitrogen and oxygen atoms in total. The number of nitrogens with zero attached hydrogens (tertiary/aromatic N) is 22. The lowest BCUT2D eigenvalue weighted by Gasteiger charge is -2.59. The fraction of sp³-hybridized carbons (Fsp3) is 0.679. The Hall–Kier alpha value is -8.01. The zero-order valence-electron chi connectivity index (χ0n) is 90.9. The third kappa shape index (κ3) is 27.2. The Balaban J connectivity index is 0.000000126. The molecule has 0 N–H and O–H groups in total. The van der Waals surface area contributed by atoms with Crippen LogP contribution in [-0.4, -0.2) is 354 Å². The van der Waals surface area contributed by atoms with Crippen molar-refractivity contribution in [1.29, 1.82) is 0 Å². The normalized spacial score (nSPS) is 26.9. The highest BCUT2D eigenvalue weighted by atomic mass is 35.5. The molecule has 144 heavy (non-hydrogen) atoms. The average molecular weight is 2010 g/mol. The van der Waals surface area contributed by atoms with Gasteiger partial charge in [-0.05, 0) is 244 Å². The summed E-state index contributed by atoms with van der Waals surface area (Å²) in [6.07, 6.45) is 22.5. The Bertz CT molecular complexity index is 5290. The van der Waals surface area contributed by atoms with E-state index < -0.39 is 6.61 Å². The summed E-state index contributed by atoms with van der Waals surface area (Å²) >= 11 is 5.88. The van der Waals surface area contributed by atoms with E-state index in [2.05, 4.69) is 271 Å². The van der Waals surface area contributed by atoms with Crippen LogP contribution >= 0.6 is 11.6 Å². The highest BCUT2D eigenvalue weighted by Crippen LogP contribution is 2.45. The van der Waals surface area contributed by atoms with E-state index in [1.807, 2.05) is 54.9 Å². The number of alkyl halides is 2. The van der Waals surface area contributed by atoms with Gasteiger partial charge in [0.2, 0.25) is 29.2 Å². The summed E-state index contributed by atoms with van der Waals surface area (Å²) in [5, 5.41) is 0.714. The maximum atomic E-state index is 14.0. The maximum absolute atomic E-state index is 14.0. The van der Waals surface area contributed by atoms with Crippen molar-refractivity contribution in [3.63, 3.8) is 0 Å². The largest absolute Gasteiger partial charge is 0.497 e. The number of aromatic nitrogens is 7. The molecule has 7 aromatic rings. The standard InChI is InChI=1S/C17H27N3O.C16H23F2N3O.2C16H24FN3O.C16H22N4.C16H25N3O.C15H22ClN3/c1-17(2,3)20-14-6-7-15(20)12-19(11-14)10-13-5-8-16(21-4)18-9-13;1-16(2,3)20-9-12-6-13(10-20)21(12)8-11-4-5-14(19-7-11)22-15(17)18;1-16(2,3)19-9-12-6-13(10-19)20(12)8-11-5-14(17)15(21-4)18-7-11;1-16(2,3)19-8-11-7-12(9-19)20(11)10-13-14(17)5-6-18-15(13)21-4;1-16(2,3)19-9-12-8-13(10-19)20(12)11-15-14(17-4)6-5-7-18-15;1-16(2,3)18-10-13-8-14(11-18)19(13)9-12-7-15(20-4)5-6-17-12;1-15(2,3)18-9-13-6-14(10-18)19(13)8-12-5-4-11(16)7-17-12/h5,8-9,14-15H,6-7,10-12H2,1-4H3;4-5,7,12-13,15H,6,8-10H2,1-3H3;5,7,12-13H,6,8-10H2,1-4H3;5-6,11-12H,7-10H2,1-4H3;5-7,12-13H,8-11H2,1-3H3;5-7,13-14H,8-11H2,1-4H3;4-5,7,13-14H,6,8-10H2,1-3H3. The topological polar surface area (TPSA) is 186 Å². The van der Waals surface area contributed by atoms with Crippen LogP contribution in [0.4, 0.5) is 23.2 Å². The van der Waals surface area contributed by atoms with Gasteiger partial charge in [-0.2, -0.15) is 8.78 Å². The van der Waals surface area contributed by atoms with E-state index in [-0.39, 0.29) is 51.1 Å². The number of halogens is 5. The average Bonchev–Trinajstić information content (AvgIpc) is 1.39. The number of hydrogen-bond donors (Lipinski definition) is 0. The zero-order valence-corrected chi connectivity index (χ0v) is 91.7. The predicted molar refractivity (Wildman–Crippen MR) is 562 cm³/mol. The molecule has 16 saturated heterocycles. The highest BCUT2D eigenvalue weighted by Gasteiger charge is 2.54. The Morgan fingerprint density at radius 2 is 0.757 bits per heavy atom. The Labute approximate surface area is 862 Å². The molecule has 0 radical (unpaired) electrons. The summed E-state index contributed by atoms with van der Waals surface area (Å²) in [5.74, 6) is 1.44. The minimum Gasteiger partial charge on any atom is -0.497 e. The van der Waals surface area contributed by atoms with Gasteiger partial charge in [-0.15, -0.1) is 0 Å². The molecule has 23 rings (SSSR count). The predicted octanol–water partition coefficient (Wildman–Crippen LogP) is 17.5. The van der Waals surface area contributed by atoms with Gasteiger partial charge in [-0.25, -0.2) is 33.6 Å². The van der Waals surface area contributed by atoms with Crippen LogP contribution in [0.3, 0.4) is 0 Å². The van der Waals surface area contributed by atoms with Gasteiger partial charge in [0.1, 0.15) is 11.6 Å². The van der Waals surface area contributed by atoms with Gasteiger partial charge in [0.15, 0.2) is 5.82 Å². The molecule has 23 heterocycles. The van der Waals surface area contributed by atoms with Gasteiger partial charge in [0.25, 0.3) is 0 Å². The van der Waals surface area contributed by atoms with Gasteiger partial charge in [-0.3, -0.25) is 83.6 Å². The molecule has 0 spiro atoms. The summed E-state index contributed by atoms with van der Waals surface area (Å²) in [6, 6.07) is 30.9. The first kappa shape index (κ1) is 110. The number of fused-ring (bicyclic) bond motifs is 14. The van der Waals surface area contributed by atoms with Crippen LogP contribution in [0.1, 0.15) is 236 Å². The third-order valence-corrected chi connectivity index (χ3v) is 32.8. The van der Waals surface area contributed by atoms with Crippen LogP contribution < -0.4 is 23.7 Å². The van der Waals surface area contributed by atoms with Crippen LogP contribution in [0, 0.1) is 18.2 Å². The third-order valence-electron chi connectivity index (χ3n) is 32.6. The van der Waals surface area contributed by atoms with Crippen molar-refractivity contribution in [3.8, 4) is 29.3 Å². The van der Waals surface area contributed by atoms with Crippen LogP contribution in [0.25, 0.3) is 4.85 Å². The fourth-order valence-corrected chi connectivity index (χ4v) is 24.3. The van der Waals surface area contributed by atoms with Crippen molar-refractivity contribution in [2.24, 2.45) is 0 Å². The van der Waals surface area contributed by atoms with Crippen molar-refractivity contribution in [3.05, 3.63) is 184 Å². The molecule has 0 aromatic carbocycles. The number of likely N-dealkylation sites (tertiary alicyclic amines) is 9. The van der Waals surface area contributed by atoms with Crippen molar-refractivity contribution in [1.82, 2.24) is 103 Å². The molecule has 0 saturated carbocycles. The monoisotopic (exact) mass is 2010 g/mol. The second-order valence-electron chi connectivity index (χ2n) is 49.3. The molecular weight excluding hydrogens is 1840 g/mol. The van der Waals surface area contributed by atoms with Crippen molar-refractivity contribution in [2.75, 3.05) is 120 Å². The molecule has 790 valence electrons. The molecule has 0 aliphatic carbocycles. The molecule has 14 atom stereocenters. The van der Waals surface area contributed by atoms with Gasteiger partial charge >= 0.3 is 6.61 Å². The summed E-state index contributed by atoms with van der Waals surface area (Å²) in [6.45, 7) is 74.4. The van der Waals surface area contributed by atoms with E-state index in [4.69, 9.17) is 37.1 Å². The lowest BCUT2D eigenvalue weighted by molar-refractivity contribution is -0.100. The summed E-state index contributed by atoms with van der Waals surface area (Å²) in [5.41, 5.74) is 9.49. The van der Waals surface area contributed by atoms with Gasteiger partial charge in [0, 0.05) is 322 Å². The lowest BCUT2D eigenvalue weighted by Crippen LogP contribution is -2.70. The summed E-state index contributed by atoms with van der Waals surface area (Å²) < 4.78 is 76.7. The van der Waals surface area contributed by atoms with Crippen molar-refractivity contribution >= 4 is 17.3 Å². The smallest absolute Gasteiger partial charge is 0.388 e. The summed E-state index contributed by atoms with van der Waals surface area (Å²) in [4.78, 5) is 69.1. The van der Waals surface area contributed by atoms with Crippen LogP contribution in [0.15, 0.2) is 116 Å². The summed E-state index contributed by atoms with van der Waals surface area (Å²) in [7, 11) is 6.35. The van der Waals surface area contributed by atoms with E-state index >= 15 is 0 Å². The van der Waals surface area contributed by atoms with Gasteiger partial charge in [0.05, 0.1) is 62.7 Å². The van der Waals surface area contributed by atoms with Crippen molar-refractivity contribution < 1.29 is 41.2 Å². The van der Waals surface area contributed by atoms with Crippen molar-refractivity contribution in [2.45, 2.75) is 373 Å². The molecule has 16 aliphatic heterocycles. The SMILES string of the molecule is CC(C)(C)N1CC2CC(C1)N2Cc1ccc(Cl)cn1.CC(C)(C)N1CC2CC(C1)N2Cc1ccc(OC(F)F)nc1.COc1ccc(CN2CC3CCC(C2)N3C(C)(C)C)cn1.COc1ccnc(CN2C3CC2CN(C(C)(C)C)C3)c1.COc1ncc(CN2C3CC2CN(C(C)(C)C)C3)cc1F.COc1nccc(F)c1CN1C2CC1CN(C(C)(C)C)C2.[C-]#[N+]c1cccnc1CN1C2CC1CN(C(C)(C)C)C2. The number of rotatable bonds is 20. The molecule has 7 aromatic heterocycles. The van der Waals surface area contributed by atoms with E-state index in [1.54, 1.807) is 52.2 Å². The Morgan fingerprint density at radius 3 is 1.14 bits per heavy atom. The highest BCUT2D eigenvalue weighted by molar-refractivity contribution is 6.30. The number of piperidine rings is 6. The Kier molecular flexibility index (Phi) is 35.0. The minimum absolute atomic E-state index is 0.0264. The van der Waals surface area contributed by atoms with E-state index in [1.165, 1.54) is 122 Å². The number of piperazine rings is 7. The zero-order chi connectivity index (χ0) is 104. The molecule has 14 unspecified atom stereocenters.